The van der Waals surface area contributed by atoms with Crippen LogP contribution >= 0.6 is 0 Å². The summed E-state index contributed by atoms with van der Waals surface area (Å²) in [5, 5.41) is 25.0. The summed E-state index contributed by atoms with van der Waals surface area (Å²) in [6.07, 6.45) is 0. The molecule has 0 saturated carbocycles. The van der Waals surface area contributed by atoms with Crippen LogP contribution in [0.3, 0.4) is 0 Å². The van der Waals surface area contributed by atoms with Gasteiger partial charge in [-0.2, -0.15) is 0 Å². The van der Waals surface area contributed by atoms with Crippen LogP contribution in [0, 0.1) is 6.92 Å². The molecule has 2 nitrogen and oxygen atoms in total. The topological polar surface area (TPSA) is 40.5 Å². The first kappa shape index (κ1) is 13.6. The number of fused-ring (bicyclic) bond motifs is 2. The third kappa shape index (κ3) is 2.03. The van der Waals surface area contributed by atoms with E-state index in [1.807, 2.05) is 67.6 Å². The van der Waals surface area contributed by atoms with Crippen molar-refractivity contribution in [2.45, 2.75) is 6.92 Å². The third-order valence-corrected chi connectivity index (χ3v) is 4.40. The van der Waals surface area contributed by atoms with Gasteiger partial charge in [0.15, 0.2) is 0 Å². The second kappa shape index (κ2) is 5.03. The summed E-state index contributed by atoms with van der Waals surface area (Å²) in [6, 6.07) is 21.2. The smallest absolute Gasteiger partial charge is 0.131 e. The van der Waals surface area contributed by atoms with E-state index in [2.05, 4.69) is 0 Å². The first-order valence-electron chi connectivity index (χ1n) is 7.59. The predicted molar refractivity (Wildman–Crippen MR) is 95.0 cm³/mol. The second-order valence-corrected chi connectivity index (χ2v) is 5.82. The van der Waals surface area contributed by atoms with Gasteiger partial charge in [0.1, 0.15) is 11.5 Å². The molecule has 112 valence electrons. The highest BCUT2D eigenvalue weighted by Gasteiger charge is 2.16. The number of hydrogen-bond acceptors (Lipinski definition) is 2. The average Bonchev–Trinajstić information content (AvgIpc) is 2.58. The molecule has 0 spiro atoms. The molecule has 4 aromatic carbocycles. The van der Waals surface area contributed by atoms with Crippen molar-refractivity contribution < 1.29 is 10.2 Å². The highest BCUT2D eigenvalue weighted by Crippen LogP contribution is 2.44. The lowest BCUT2D eigenvalue weighted by molar-refractivity contribution is 0.472. The first-order chi connectivity index (χ1) is 11.2. The summed E-state index contributed by atoms with van der Waals surface area (Å²) in [4.78, 5) is 0. The zero-order chi connectivity index (χ0) is 16.0. The van der Waals surface area contributed by atoms with Crippen molar-refractivity contribution in [2.75, 3.05) is 0 Å². The van der Waals surface area contributed by atoms with Crippen molar-refractivity contribution in [3.63, 3.8) is 0 Å². The van der Waals surface area contributed by atoms with Crippen molar-refractivity contribution >= 4 is 21.5 Å². The minimum absolute atomic E-state index is 0.175. The Hall–Kier alpha value is -3.00. The van der Waals surface area contributed by atoms with Crippen LogP contribution in [-0.4, -0.2) is 10.2 Å². The van der Waals surface area contributed by atoms with Crippen LogP contribution in [0.25, 0.3) is 32.7 Å². The van der Waals surface area contributed by atoms with Gasteiger partial charge in [0.2, 0.25) is 0 Å². The van der Waals surface area contributed by atoms with Crippen LogP contribution in [-0.2, 0) is 0 Å². The van der Waals surface area contributed by atoms with Gasteiger partial charge in [-0.1, -0.05) is 54.6 Å². The second-order valence-electron chi connectivity index (χ2n) is 5.82. The van der Waals surface area contributed by atoms with Crippen LogP contribution in [0.15, 0.2) is 66.7 Å². The zero-order valence-corrected chi connectivity index (χ0v) is 12.7. The maximum Gasteiger partial charge on any atom is 0.131 e. The van der Waals surface area contributed by atoms with Crippen LogP contribution in [0.4, 0.5) is 0 Å². The molecule has 23 heavy (non-hydrogen) atoms. The molecule has 0 unspecified atom stereocenters. The Morgan fingerprint density at radius 2 is 1.35 bits per heavy atom. The van der Waals surface area contributed by atoms with Crippen molar-refractivity contribution in [3.05, 3.63) is 72.3 Å². The number of rotatable bonds is 1. The van der Waals surface area contributed by atoms with E-state index in [4.69, 9.17) is 0 Å². The van der Waals surface area contributed by atoms with Crippen LogP contribution in [0.1, 0.15) is 5.56 Å². The van der Waals surface area contributed by atoms with E-state index in [0.29, 0.717) is 11.1 Å². The molecule has 2 heteroatoms. The van der Waals surface area contributed by atoms with Crippen molar-refractivity contribution in [1.82, 2.24) is 0 Å². The van der Waals surface area contributed by atoms with Gasteiger partial charge in [0, 0.05) is 16.5 Å². The van der Waals surface area contributed by atoms with E-state index in [-0.39, 0.29) is 11.5 Å². The van der Waals surface area contributed by atoms with Gasteiger partial charge < -0.3 is 10.2 Å². The molecule has 0 amide bonds. The lowest BCUT2D eigenvalue weighted by atomic mass is 9.92. The van der Waals surface area contributed by atoms with Crippen molar-refractivity contribution in [1.29, 1.82) is 0 Å². The summed E-state index contributed by atoms with van der Waals surface area (Å²) >= 11 is 0. The van der Waals surface area contributed by atoms with E-state index in [1.165, 1.54) is 0 Å². The number of benzene rings is 4. The molecular formula is C21H16O2. The van der Waals surface area contributed by atoms with Gasteiger partial charge >= 0.3 is 0 Å². The SMILES string of the molecule is Cc1cc(-c2c(O)ccc3ccccc23)c(O)c2ccccc12. The van der Waals surface area contributed by atoms with Gasteiger partial charge in [0.05, 0.1) is 0 Å². The molecule has 0 atom stereocenters. The molecule has 0 aromatic heterocycles. The first-order valence-corrected chi connectivity index (χ1v) is 7.59. The highest BCUT2D eigenvalue weighted by molar-refractivity contribution is 6.05. The number of phenols is 2. The quantitative estimate of drug-likeness (QED) is 0.495. The largest absolute Gasteiger partial charge is 0.507 e. The van der Waals surface area contributed by atoms with E-state index in [9.17, 15) is 10.2 Å². The maximum absolute atomic E-state index is 10.8. The fourth-order valence-corrected chi connectivity index (χ4v) is 3.27. The molecule has 0 aliphatic rings. The molecule has 0 bridgehead atoms. The highest BCUT2D eigenvalue weighted by atomic mass is 16.3. The zero-order valence-electron chi connectivity index (χ0n) is 12.7. The molecule has 4 rings (SSSR count). The molecule has 0 radical (unpaired) electrons. The third-order valence-electron chi connectivity index (χ3n) is 4.40. The Morgan fingerprint density at radius 3 is 2.13 bits per heavy atom. The summed E-state index contributed by atoms with van der Waals surface area (Å²) < 4.78 is 0. The Morgan fingerprint density at radius 1 is 0.696 bits per heavy atom. The number of hydrogen-bond donors (Lipinski definition) is 2. The number of phenolic OH excluding ortho intramolecular Hbond substituents is 2. The Balaban J connectivity index is 2.15. The van der Waals surface area contributed by atoms with Gasteiger partial charge in [-0.3, -0.25) is 0 Å². The summed E-state index contributed by atoms with van der Waals surface area (Å²) in [7, 11) is 0. The monoisotopic (exact) mass is 300 g/mol. The molecule has 0 saturated heterocycles. The van der Waals surface area contributed by atoms with Crippen LogP contribution in [0.5, 0.6) is 11.5 Å². The lowest BCUT2D eigenvalue weighted by Gasteiger charge is -2.14. The van der Waals surface area contributed by atoms with Gasteiger partial charge in [-0.25, -0.2) is 0 Å². The van der Waals surface area contributed by atoms with Crippen LogP contribution in [0.2, 0.25) is 0 Å². The summed E-state index contributed by atoms with van der Waals surface area (Å²) in [5.74, 6) is 0.381. The normalized spacial score (nSPS) is 11.2. The van der Waals surface area contributed by atoms with E-state index in [1.54, 1.807) is 6.07 Å². The minimum atomic E-state index is 0.175. The molecule has 0 aliphatic heterocycles. The van der Waals surface area contributed by atoms with Gasteiger partial charge in [-0.15, -0.1) is 0 Å². The molecule has 0 aliphatic carbocycles. The lowest BCUT2D eigenvalue weighted by Crippen LogP contribution is -1.88. The Kier molecular flexibility index (Phi) is 2.98. The van der Waals surface area contributed by atoms with Gasteiger partial charge in [-0.05, 0) is 40.8 Å². The van der Waals surface area contributed by atoms with E-state index >= 15 is 0 Å². The number of aryl methyl sites for hydroxylation is 1. The summed E-state index contributed by atoms with van der Waals surface area (Å²) in [5.41, 5.74) is 2.41. The average molecular weight is 300 g/mol. The van der Waals surface area contributed by atoms with E-state index < -0.39 is 0 Å². The number of aromatic hydroxyl groups is 2. The van der Waals surface area contributed by atoms with Crippen molar-refractivity contribution in [2.24, 2.45) is 0 Å². The molecular weight excluding hydrogens is 284 g/mol. The Bertz CT molecular complexity index is 1050. The maximum atomic E-state index is 10.8. The minimum Gasteiger partial charge on any atom is -0.507 e. The standard InChI is InChI=1S/C21H16O2/c1-13-12-18(21(23)17-9-5-4-7-15(13)17)20-16-8-3-2-6-14(16)10-11-19(20)22/h2-12,22-23H,1H3. The summed E-state index contributed by atoms with van der Waals surface area (Å²) in [6.45, 7) is 2.02. The molecule has 0 heterocycles. The van der Waals surface area contributed by atoms with Gasteiger partial charge in [0.25, 0.3) is 0 Å². The Labute approximate surface area is 134 Å². The molecule has 2 N–H and O–H groups in total. The molecule has 4 aromatic rings. The fourth-order valence-electron chi connectivity index (χ4n) is 3.27. The van der Waals surface area contributed by atoms with E-state index in [0.717, 1.165) is 27.1 Å². The molecule has 0 fully saturated rings. The van der Waals surface area contributed by atoms with Crippen LogP contribution < -0.4 is 0 Å². The predicted octanol–water partition coefficient (Wildman–Crippen LogP) is 5.38. The fraction of sp³-hybridized carbons (Fsp3) is 0.0476. The van der Waals surface area contributed by atoms with Crippen molar-refractivity contribution in [3.8, 4) is 22.6 Å².